The fraction of sp³-hybridized carbons (Fsp3) is 0.333. The molecule has 0 unspecified atom stereocenters. The third-order valence-electron chi connectivity index (χ3n) is 5.18. The summed E-state index contributed by atoms with van der Waals surface area (Å²) < 4.78 is 11.1. The number of ether oxygens (including phenoxy) is 1. The summed E-state index contributed by atoms with van der Waals surface area (Å²) in [4.78, 5) is 28.9. The largest absolute Gasteiger partial charge is 0.487 e. The monoisotopic (exact) mass is 500 g/mol. The van der Waals surface area contributed by atoms with E-state index >= 15 is 0 Å². The number of rotatable bonds is 6. The minimum Gasteiger partial charge on any atom is -0.487 e. The number of nitrogens with one attached hydrogen (secondary N) is 4. The van der Waals surface area contributed by atoms with E-state index in [9.17, 15) is 9.59 Å². The Kier molecular flexibility index (Phi) is 8.31. The van der Waals surface area contributed by atoms with Crippen LogP contribution < -0.4 is 26.0 Å². The first kappa shape index (κ1) is 26.0. The number of anilines is 3. The maximum Gasteiger partial charge on any atom is 0.324 e. The number of carbonyl (C=O) groups is 2. The number of aromatic nitrogens is 2. The van der Waals surface area contributed by atoms with Crippen LogP contribution in [0.5, 0.6) is 5.75 Å². The molecule has 35 heavy (non-hydrogen) atoms. The van der Waals surface area contributed by atoms with Gasteiger partial charge in [0.1, 0.15) is 23.3 Å². The number of benzene rings is 1. The molecule has 0 aliphatic carbocycles. The fourth-order valence-electron chi connectivity index (χ4n) is 3.30. The molecular formula is C24H29ClN6O4. The molecule has 3 aromatic rings. The van der Waals surface area contributed by atoms with Gasteiger partial charge in [-0.15, -0.1) is 12.4 Å². The number of carbonyl (C=O) groups excluding carboxylic acids is 2. The molecule has 10 nitrogen and oxygen atoms in total. The van der Waals surface area contributed by atoms with Gasteiger partial charge in [0.2, 0.25) is 0 Å². The quantitative estimate of drug-likeness (QED) is 0.394. The molecule has 1 aromatic carbocycles. The molecule has 4 N–H and O–H groups in total. The molecule has 1 saturated heterocycles. The molecule has 0 radical (unpaired) electrons. The van der Waals surface area contributed by atoms with Crippen molar-refractivity contribution in [3.8, 4) is 5.75 Å². The van der Waals surface area contributed by atoms with Gasteiger partial charge in [-0.05, 0) is 49.4 Å². The van der Waals surface area contributed by atoms with Crippen LogP contribution in [0.3, 0.4) is 0 Å². The molecule has 186 valence electrons. The van der Waals surface area contributed by atoms with Crippen LogP contribution >= 0.6 is 12.4 Å². The SMILES string of the molecule is CC(C)(C)c1cc(NC(=O)Nc2ccc(NC(=O)c3ccc(O[C@@H]4CCNC4)cn3)cc2)no1.Cl. The highest BCUT2D eigenvalue weighted by molar-refractivity contribution is 6.03. The minimum absolute atomic E-state index is 0. The summed E-state index contributed by atoms with van der Waals surface area (Å²) >= 11 is 0. The average molecular weight is 501 g/mol. The number of halogens is 1. The van der Waals surface area contributed by atoms with Crippen LogP contribution in [0.15, 0.2) is 53.2 Å². The molecule has 1 fully saturated rings. The van der Waals surface area contributed by atoms with Crippen LogP contribution in [-0.2, 0) is 5.41 Å². The van der Waals surface area contributed by atoms with Crippen molar-refractivity contribution in [3.05, 3.63) is 60.1 Å². The predicted molar refractivity (Wildman–Crippen MR) is 136 cm³/mol. The second kappa shape index (κ2) is 11.2. The number of urea groups is 1. The van der Waals surface area contributed by atoms with E-state index in [0.29, 0.717) is 28.7 Å². The van der Waals surface area contributed by atoms with E-state index in [1.54, 1.807) is 48.7 Å². The zero-order valence-corrected chi connectivity index (χ0v) is 20.6. The predicted octanol–water partition coefficient (Wildman–Crippen LogP) is 4.43. The van der Waals surface area contributed by atoms with Crippen LogP contribution in [-0.4, -0.2) is 41.3 Å². The van der Waals surface area contributed by atoms with Crippen LogP contribution in [0.4, 0.5) is 22.0 Å². The second-order valence-electron chi connectivity index (χ2n) is 9.05. The summed E-state index contributed by atoms with van der Waals surface area (Å²) in [7, 11) is 0. The van der Waals surface area contributed by atoms with Gasteiger partial charge in [0.25, 0.3) is 5.91 Å². The topological polar surface area (TPSA) is 130 Å². The van der Waals surface area contributed by atoms with Gasteiger partial charge in [-0.2, -0.15) is 0 Å². The van der Waals surface area contributed by atoms with Gasteiger partial charge in [0, 0.05) is 29.4 Å². The second-order valence-corrected chi connectivity index (χ2v) is 9.05. The lowest BCUT2D eigenvalue weighted by Crippen LogP contribution is -2.20. The Hall–Kier alpha value is -3.63. The maximum absolute atomic E-state index is 12.5. The van der Waals surface area contributed by atoms with E-state index in [2.05, 4.69) is 31.4 Å². The van der Waals surface area contributed by atoms with Gasteiger partial charge in [0.05, 0.1) is 6.20 Å². The number of hydrogen-bond acceptors (Lipinski definition) is 7. The first-order chi connectivity index (χ1) is 16.3. The van der Waals surface area contributed by atoms with E-state index in [1.807, 2.05) is 20.8 Å². The van der Waals surface area contributed by atoms with Crippen LogP contribution in [0.25, 0.3) is 0 Å². The van der Waals surface area contributed by atoms with Crippen LogP contribution in [0.1, 0.15) is 43.4 Å². The minimum atomic E-state index is -0.453. The molecule has 11 heteroatoms. The Bertz CT molecular complexity index is 1140. The Balaban J connectivity index is 0.00000342. The molecule has 2 aromatic heterocycles. The summed E-state index contributed by atoms with van der Waals surface area (Å²) in [5.41, 5.74) is 1.19. The van der Waals surface area contributed by atoms with Crippen LogP contribution in [0.2, 0.25) is 0 Å². The summed E-state index contributed by atoms with van der Waals surface area (Å²) in [6.07, 6.45) is 2.64. The van der Waals surface area contributed by atoms with E-state index in [4.69, 9.17) is 9.26 Å². The first-order valence-corrected chi connectivity index (χ1v) is 11.1. The van der Waals surface area contributed by atoms with Crippen molar-refractivity contribution in [3.63, 3.8) is 0 Å². The van der Waals surface area contributed by atoms with Gasteiger partial charge < -0.3 is 25.2 Å². The van der Waals surface area contributed by atoms with Crippen molar-refractivity contribution in [1.82, 2.24) is 15.5 Å². The summed E-state index contributed by atoms with van der Waals surface area (Å²) in [6, 6.07) is 11.3. The number of nitrogens with zero attached hydrogens (tertiary/aromatic N) is 2. The van der Waals surface area contributed by atoms with Gasteiger partial charge in [0.15, 0.2) is 5.82 Å². The Labute approximate surface area is 209 Å². The first-order valence-electron chi connectivity index (χ1n) is 11.1. The highest BCUT2D eigenvalue weighted by Crippen LogP contribution is 2.24. The zero-order chi connectivity index (χ0) is 24.1. The molecule has 0 spiro atoms. The third-order valence-corrected chi connectivity index (χ3v) is 5.18. The van der Waals surface area contributed by atoms with E-state index in [1.165, 1.54) is 0 Å². The zero-order valence-electron chi connectivity index (χ0n) is 19.8. The lowest BCUT2D eigenvalue weighted by Gasteiger charge is -2.12. The molecule has 1 atom stereocenters. The normalized spacial score (nSPS) is 15.1. The smallest absolute Gasteiger partial charge is 0.324 e. The van der Waals surface area contributed by atoms with Gasteiger partial charge in [-0.1, -0.05) is 25.9 Å². The van der Waals surface area contributed by atoms with Crippen molar-refractivity contribution >= 4 is 41.5 Å². The van der Waals surface area contributed by atoms with Crippen molar-refractivity contribution in [2.75, 3.05) is 29.0 Å². The number of amides is 3. The lowest BCUT2D eigenvalue weighted by atomic mass is 9.93. The van der Waals surface area contributed by atoms with Gasteiger partial charge in [-0.25, -0.2) is 9.78 Å². The van der Waals surface area contributed by atoms with Crippen molar-refractivity contribution < 1.29 is 18.8 Å². The average Bonchev–Trinajstić information content (AvgIpc) is 3.48. The Morgan fingerprint density at radius 1 is 1.06 bits per heavy atom. The third kappa shape index (κ3) is 7.17. The molecule has 1 aliphatic rings. The lowest BCUT2D eigenvalue weighted by molar-refractivity contribution is 0.102. The molecule has 4 rings (SSSR count). The Morgan fingerprint density at radius 2 is 1.77 bits per heavy atom. The summed E-state index contributed by atoms with van der Waals surface area (Å²) in [5, 5.41) is 15.2. The van der Waals surface area contributed by atoms with E-state index < -0.39 is 6.03 Å². The van der Waals surface area contributed by atoms with Crippen molar-refractivity contribution in [2.24, 2.45) is 0 Å². The highest BCUT2D eigenvalue weighted by Gasteiger charge is 2.20. The number of hydrogen-bond donors (Lipinski definition) is 4. The summed E-state index contributed by atoms with van der Waals surface area (Å²) in [6.45, 7) is 7.73. The highest BCUT2D eigenvalue weighted by atomic mass is 35.5. The Morgan fingerprint density at radius 3 is 2.34 bits per heavy atom. The fourth-order valence-corrected chi connectivity index (χ4v) is 3.30. The molecular weight excluding hydrogens is 472 g/mol. The van der Waals surface area contributed by atoms with Crippen molar-refractivity contribution in [1.29, 1.82) is 0 Å². The summed E-state index contributed by atoms with van der Waals surface area (Å²) in [5.74, 6) is 1.30. The van der Waals surface area contributed by atoms with Gasteiger partial charge >= 0.3 is 6.03 Å². The molecule has 3 heterocycles. The molecule has 1 aliphatic heterocycles. The molecule has 3 amide bonds. The molecule has 0 bridgehead atoms. The van der Waals surface area contributed by atoms with E-state index in [0.717, 1.165) is 19.5 Å². The van der Waals surface area contributed by atoms with E-state index in [-0.39, 0.29) is 35.5 Å². The van der Waals surface area contributed by atoms with Crippen LogP contribution in [0, 0.1) is 0 Å². The molecule has 0 saturated carbocycles. The van der Waals surface area contributed by atoms with Gasteiger partial charge in [-0.3, -0.25) is 10.1 Å². The standard InChI is InChI=1S/C24H28N6O4.ClH/c1-24(2,3)20-12-21(30-34-20)29-23(32)28-16-6-4-15(5-7-16)27-22(31)19-9-8-17(14-26-19)33-18-10-11-25-13-18;/h4-9,12,14,18,25H,10-11,13H2,1-3H3,(H,27,31)(H2,28,29,30,32);1H/t18-;/m1./s1. The van der Waals surface area contributed by atoms with Crippen molar-refractivity contribution in [2.45, 2.75) is 38.7 Å². The maximum atomic E-state index is 12.5. The number of pyridine rings is 1.